The van der Waals surface area contributed by atoms with Gasteiger partial charge in [-0.05, 0) is 31.5 Å². The van der Waals surface area contributed by atoms with E-state index in [1.807, 2.05) is 30.5 Å². The largest absolute Gasteiger partial charge is 0.399 e. The number of anilines is 2. The van der Waals surface area contributed by atoms with Gasteiger partial charge >= 0.3 is 0 Å². The summed E-state index contributed by atoms with van der Waals surface area (Å²) in [5.41, 5.74) is 15.4. The maximum absolute atomic E-state index is 6.00. The van der Waals surface area contributed by atoms with Gasteiger partial charge in [0.1, 0.15) is 0 Å². The highest BCUT2D eigenvalue weighted by atomic mass is 15.0. The number of nitrogen functional groups attached to an aromatic ring is 2. The summed E-state index contributed by atoms with van der Waals surface area (Å²) in [5, 5.41) is 0. The Labute approximate surface area is 95.7 Å². The molecular formula is C13H17N3. The number of hydrogen-bond acceptors (Lipinski definition) is 2. The van der Waals surface area contributed by atoms with Gasteiger partial charge in [-0.2, -0.15) is 0 Å². The molecule has 1 aromatic heterocycles. The predicted molar refractivity (Wildman–Crippen MR) is 69.1 cm³/mol. The Morgan fingerprint density at radius 1 is 1.00 bits per heavy atom. The van der Waals surface area contributed by atoms with Crippen LogP contribution in [-0.4, -0.2) is 4.57 Å². The Morgan fingerprint density at radius 3 is 2.12 bits per heavy atom. The van der Waals surface area contributed by atoms with E-state index in [0.29, 0.717) is 6.04 Å². The number of nitrogens with zero attached hydrogens (tertiary/aromatic N) is 1. The third-order valence-electron chi connectivity index (χ3n) is 2.70. The van der Waals surface area contributed by atoms with Crippen LogP contribution in [0.4, 0.5) is 11.4 Å². The molecule has 3 heteroatoms. The van der Waals surface area contributed by atoms with Crippen LogP contribution in [0.2, 0.25) is 0 Å². The summed E-state index contributed by atoms with van der Waals surface area (Å²) in [5.74, 6) is 0. The van der Waals surface area contributed by atoms with Gasteiger partial charge in [0.25, 0.3) is 0 Å². The van der Waals surface area contributed by atoms with E-state index < -0.39 is 0 Å². The van der Waals surface area contributed by atoms with Crippen LogP contribution in [0.25, 0.3) is 11.1 Å². The van der Waals surface area contributed by atoms with E-state index in [4.69, 9.17) is 11.5 Å². The van der Waals surface area contributed by atoms with Crippen LogP contribution >= 0.6 is 0 Å². The van der Waals surface area contributed by atoms with Gasteiger partial charge in [0, 0.05) is 29.7 Å². The summed E-state index contributed by atoms with van der Waals surface area (Å²) < 4.78 is 2.11. The lowest BCUT2D eigenvalue weighted by Crippen LogP contribution is -1.95. The van der Waals surface area contributed by atoms with E-state index in [0.717, 1.165) is 22.5 Å². The van der Waals surface area contributed by atoms with E-state index in [-0.39, 0.29) is 0 Å². The number of hydrogen-bond donors (Lipinski definition) is 2. The first-order valence-corrected chi connectivity index (χ1v) is 5.41. The number of aromatic nitrogens is 1. The van der Waals surface area contributed by atoms with Crippen LogP contribution < -0.4 is 11.5 Å². The molecule has 3 nitrogen and oxygen atoms in total. The van der Waals surface area contributed by atoms with E-state index >= 15 is 0 Å². The lowest BCUT2D eigenvalue weighted by molar-refractivity contribution is 0.604. The van der Waals surface area contributed by atoms with Crippen molar-refractivity contribution in [1.82, 2.24) is 4.57 Å². The van der Waals surface area contributed by atoms with Gasteiger partial charge in [-0.1, -0.05) is 12.1 Å². The van der Waals surface area contributed by atoms with E-state index in [9.17, 15) is 0 Å². The third kappa shape index (κ3) is 1.89. The summed E-state index contributed by atoms with van der Waals surface area (Å²) in [6, 6.07) is 8.19. The Balaban J connectivity index is 2.44. The predicted octanol–water partition coefficient (Wildman–Crippen LogP) is 2.90. The second-order valence-electron chi connectivity index (χ2n) is 4.29. The highest BCUT2D eigenvalue weighted by Gasteiger charge is 2.07. The molecule has 0 aliphatic carbocycles. The van der Waals surface area contributed by atoms with Crippen molar-refractivity contribution in [1.29, 1.82) is 0 Å². The Bertz CT molecular complexity index is 480. The molecule has 4 N–H and O–H groups in total. The highest BCUT2D eigenvalue weighted by molar-refractivity contribution is 5.76. The highest BCUT2D eigenvalue weighted by Crippen LogP contribution is 2.28. The molecule has 0 aliphatic heterocycles. The molecule has 0 fully saturated rings. The molecule has 2 rings (SSSR count). The number of benzene rings is 1. The van der Waals surface area contributed by atoms with Gasteiger partial charge in [0.15, 0.2) is 0 Å². The Morgan fingerprint density at radius 2 is 1.62 bits per heavy atom. The zero-order chi connectivity index (χ0) is 11.7. The number of rotatable bonds is 2. The molecule has 0 saturated carbocycles. The Hall–Kier alpha value is -1.90. The van der Waals surface area contributed by atoms with Crippen LogP contribution in [0.3, 0.4) is 0 Å². The smallest absolute Gasteiger partial charge is 0.0573 e. The van der Waals surface area contributed by atoms with Crippen LogP contribution in [-0.2, 0) is 0 Å². The molecule has 1 heterocycles. The molecule has 0 unspecified atom stereocenters. The van der Waals surface area contributed by atoms with Gasteiger partial charge in [0.2, 0.25) is 0 Å². The maximum atomic E-state index is 6.00. The van der Waals surface area contributed by atoms with E-state index in [2.05, 4.69) is 24.6 Å². The van der Waals surface area contributed by atoms with Gasteiger partial charge in [-0.25, -0.2) is 0 Å². The van der Waals surface area contributed by atoms with Crippen molar-refractivity contribution in [3.63, 3.8) is 0 Å². The standard InChI is InChI=1S/C13H17N3/c1-9(2)16-7-12(13(15)8-16)10-3-5-11(14)6-4-10/h3-9H,14-15H2,1-2H3. The second kappa shape index (κ2) is 3.93. The van der Waals surface area contributed by atoms with Crippen LogP contribution in [0.1, 0.15) is 19.9 Å². The van der Waals surface area contributed by atoms with Crippen LogP contribution in [0.15, 0.2) is 36.7 Å². The first-order chi connectivity index (χ1) is 7.58. The van der Waals surface area contributed by atoms with Gasteiger partial charge in [-0.15, -0.1) is 0 Å². The average molecular weight is 215 g/mol. The van der Waals surface area contributed by atoms with Crippen molar-refractivity contribution in [2.45, 2.75) is 19.9 Å². The normalized spacial score (nSPS) is 10.9. The minimum atomic E-state index is 0.421. The lowest BCUT2D eigenvalue weighted by Gasteiger charge is -2.05. The monoisotopic (exact) mass is 215 g/mol. The fourth-order valence-electron chi connectivity index (χ4n) is 1.69. The maximum Gasteiger partial charge on any atom is 0.0573 e. The van der Waals surface area contributed by atoms with Gasteiger partial charge < -0.3 is 16.0 Å². The van der Waals surface area contributed by atoms with Crippen molar-refractivity contribution in [2.24, 2.45) is 0 Å². The molecule has 0 spiro atoms. The topological polar surface area (TPSA) is 57.0 Å². The van der Waals surface area contributed by atoms with Crippen molar-refractivity contribution in [2.75, 3.05) is 11.5 Å². The minimum Gasteiger partial charge on any atom is -0.399 e. The first kappa shape index (κ1) is 10.6. The molecule has 0 bridgehead atoms. The summed E-state index contributed by atoms with van der Waals surface area (Å²) >= 11 is 0. The lowest BCUT2D eigenvalue weighted by atomic mass is 10.1. The summed E-state index contributed by atoms with van der Waals surface area (Å²) in [6.45, 7) is 4.26. The molecular weight excluding hydrogens is 198 g/mol. The SMILES string of the molecule is CC(C)n1cc(N)c(-c2ccc(N)cc2)c1. The summed E-state index contributed by atoms with van der Waals surface area (Å²) in [6.07, 6.45) is 4.04. The van der Waals surface area contributed by atoms with E-state index in [1.54, 1.807) is 0 Å². The molecule has 0 atom stereocenters. The zero-order valence-electron chi connectivity index (χ0n) is 9.64. The van der Waals surface area contributed by atoms with Crippen molar-refractivity contribution in [3.8, 4) is 11.1 Å². The van der Waals surface area contributed by atoms with Gasteiger partial charge in [0.05, 0.1) is 5.69 Å². The summed E-state index contributed by atoms with van der Waals surface area (Å²) in [7, 11) is 0. The van der Waals surface area contributed by atoms with Crippen molar-refractivity contribution >= 4 is 11.4 Å². The quantitative estimate of drug-likeness (QED) is 0.757. The van der Waals surface area contributed by atoms with Crippen molar-refractivity contribution < 1.29 is 0 Å². The van der Waals surface area contributed by atoms with Gasteiger partial charge in [-0.3, -0.25) is 0 Å². The molecule has 0 radical (unpaired) electrons. The van der Waals surface area contributed by atoms with Crippen LogP contribution in [0, 0.1) is 0 Å². The number of nitrogens with two attached hydrogens (primary N) is 2. The minimum absolute atomic E-state index is 0.421. The fraction of sp³-hybridized carbons (Fsp3) is 0.231. The average Bonchev–Trinajstić information content (AvgIpc) is 2.62. The molecule has 2 aromatic rings. The first-order valence-electron chi connectivity index (χ1n) is 5.41. The molecule has 84 valence electrons. The third-order valence-corrected chi connectivity index (χ3v) is 2.70. The molecule has 0 saturated heterocycles. The van der Waals surface area contributed by atoms with Crippen LogP contribution in [0.5, 0.6) is 0 Å². The molecule has 16 heavy (non-hydrogen) atoms. The zero-order valence-corrected chi connectivity index (χ0v) is 9.64. The Kier molecular flexibility index (Phi) is 2.60. The molecule has 0 aliphatic rings. The fourth-order valence-corrected chi connectivity index (χ4v) is 1.69. The second-order valence-corrected chi connectivity index (χ2v) is 4.29. The van der Waals surface area contributed by atoms with Crippen molar-refractivity contribution in [3.05, 3.63) is 36.7 Å². The van der Waals surface area contributed by atoms with E-state index in [1.165, 1.54) is 0 Å². The molecule has 1 aromatic carbocycles. The summed E-state index contributed by atoms with van der Waals surface area (Å²) in [4.78, 5) is 0. The molecule has 0 amide bonds.